The molecule has 0 aliphatic heterocycles. The lowest BCUT2D eigenvalue weighted by Crippen LogP contribution is -1.92. The van der Waals surface area contributed by atoms with Crippen LogP contribution < -0.4 is 0 Å². The van der Waals surface area contributed by atoms with Crippen molar-refractivity contribution in [1.29, 1.82) is 0 Å². The number of benzene rings is 1. The van der Waals surface area contributed by atoms with Crippen LogP contribution in [-0.4, -0.2) is 6.29 Å². The van der Waals surface area contributed by atoms with E-state index in [1.807, 2.05) is 0 Å². The molecule has 11 heavy (non-hydrogen) atoms. The molecule has 1 aromatic carbocycles. The van der Waals surface area contributed by atoms with E-state index in [1.54, 1.807) is 0 Å². The minimum atomic E-state index is -1.14. The molecule has 0 saturated carbocycles. The lowest BCUT2D eigenvalue weighted by molar-refractivity contribution is 0.111. The van der Waals surface area contributed by atoms with Gasteiger partial charge in [0.15, 0.2) is 6.29 Å². The van der Waals surface area contributed by atoms with E-state index in [0.717, 1.165) is 6.07 Å². The van der Waals surface area contributed by atoms with E-state index in [4.69, 9.17) is 1.37 Å². The number of hydrogen-bond acceptors (Lipinski definition) is 1. The Morgan fingerprint density at radius 3 is 2.73 bits per heavy atom. The van der Waals surface area contributed by atoms with Crippen molar-refractivity contribution in [3.63, 3.8) is 0 Å². The highest BCUT2D eigenvalue weighted by atomic mass is 79.9. The average Bonchev–Trinajstić information content (AvgIpc) is 2.01. The quantitative estimate of drug-likeness (QED) is 0.667. The molecule has 0 heterocycles. The van der Waals surface area contributed by atoms with Crippen LogP contribution in [0.4, 0.5) is 8.78 Å². The molecule has 0 bridgehead atoms. The second-order valence-corrected chi connectivity index (χ2v) is 2.67. The van der Waals surface area contributed by atoms with Gasteiger partial charge in [-0.3, -0.25) is 4.79 Å². The molecule has 0 spiro atoms. The fourth-order valence-corrected chi connectivity index (χ4v) is 0.985. The lowest BCUT2D eigenvalue weighted by Gasteiger charge is -1.96. The predicted octanol–water partition coefficient (Wildman–Crippen LogP) is 2.54. The maximum atomic E-state index is 12.8. The van der Waals surface area contributed by atoms with Gasteiger partial charge in [-0.05, 0) is 12.1 Å². The molecule has 0 unspecified atom stereocenters. The van der Waals surface area contributed by atoms with Gasteiger partial charge in [-0.25, -0.2) is 8.78 Å². The normalized spacial score (nSPS) is 11.0. The SMILES string of the molecule is [2H]c1c(Br)cc(F)c(C=O)c1F. The molecule has 0 N–H and O–H groups in total. The molecule has 0 aliphatic carbocycles. The second-order valence-electron chi connectivity index (χ2n) is 1.81. The van der Waals surface area contributed by atoms with E-state index < -0.39 is 23.2 Å². The van der Waals surface area contributed by atoms with Gasteiger partial charge in [-0.15, -0.1) is 0 Å². The molecule has 0 atom stereocenters. The smallest absolute Gasteiger partial charge is 0.155 e. The highest BCUT2D eigenvalue weighted by Gasteiger charge is 2.08. The molecular formula is C7H3BrF2O. The predicted molar refractivity (Wildman–Crippen MR) is 39.4 cm³/mol. The van der Waals surface area contributed by atoms with E-state index >= 15 is 0 Å². The Kier molecular flexibility index (Phi) is 1.94. The molecule has 0 amide bonds. The van der Waals surface area contributed by atoms with Gasteiger partial charge in [0.05, 0.1) is 6.93 Å². The molecule has 0 fully saturated rings. The van der Waals surface area contributed by atoms with Gasteiger partial charge in [0.1, 0.15) is 11.6 Å². The minimum Gasteiger partial charge on any atom is -0.298 e. The van der Waals surface area contributed by atoms with Crippen molar-refractivity contribution in [3.8, 4) is 0 Å². The number of halogens is 3. The summed E-state index contributed by atoms with van der Waals surface area (Å²) in [6.45, 7) is 0. The van der Waals surface area contributed by atoms with Gasteiger partial charge >= 0.3 is 0 Å². The van der Waals surface area contributed by atoms with E-state index in [9.17, 15) is 13.6 Å². The second kappa shape index (κ2) is 3.09. The maximum absolute atomic E-state index is 12.8. The Morgan fingerprint density at radius 1 is 1.55 bits per heavy atom. The standard InChI is InChI=1S/C7H3BrF2O/c8-4-1-6(9)5(3-11)7(10)2-4/h1-3H/i1D. The van der Waals surface area contributed by atoms with E-state index in [1.165, 1.54) is 0 Å². The topological polar surface area (TPSA) is 17.1 Å². The zero-order chi connectivity index (χ0) is 9.30. The summed E-state index contributed by atoms with van der Waals surface area (Å²) in [5, 5.41) is 0. The van der Waals surface area contributed by atoms with Gasteiger partial charge < -0.3 is 0 Å². The van der Waals surface area contributed by atoms with Crippen molar-refractivity contribution in [2.45, 2.75) is 0 Å². The highest BCUT2D eigenvalue weighted by Crippen LogP contribution is 2.17. The summed E-state index contributed by atoms with van der Waals surface area (Å²) in [5.74, 6) is -2.11. The first-order chi connectivity index (χ1) is 5.57. The molecule has 1 nitrogen and oxygen atoms in total. The molecule has 1 rings (SSSR count). The monoisotopic (exact) mass is 221 g/mol. The van der Waals surface area contributed by atoms with Gasteiger partial charge in [0.25, 0.3) is 0 Å². The molecule has 0 aromatic heterocycles. The first kappa shape index (κ1) is 6.91. The Morgan fingerprint density at radius 2 is 2.18 bits per heavy atom. The van der Waals surface area contributed by atoms with Crippen LogP contribution in [0.5, 0.6) is 0 Å². The zero-order valence-electron chi connectivity index (χ0n) is 6.20. The van der Waals surface area contributed by atoms with Crippen molar-refractivity contribution in [2.75, 3.05) is 0 Å². The number of carbonyl (C=O) groups is 1. The minimum absolute atomic E-state index is 0.0110. The lowest BCUT2D eigenvalue weighted by atomic mass is 10.2. The van der Waals surface area contributed by atoms with Crippen LogP contribution in [-0.2, 0) is 0 Å². The van der Waals surface area contributed by atoms with Gasteiger partial charge in [0, 0.05) is 4.47 Å². The molecule has 1 aromatic rings. The van der Waals surface area contributed by atoms with E-state index in [2.05, 4.69) is 15.9 Å². The van der Waals surface area contributed by atoms with Crippen LogP contribution in [0.2, 0.25) is 0 Å². The van der Waals surface area contributed by atoms with Crippen molar-refractivity contribution in [1.82, 2.24) is 0 Å². The van der Waals surface area contributed by atoms with Crippen molar-refractivity contribution >= 4 is 22.2 Å². The Labute approximate surface area is 71.6 Å². The van der Waals surface area contributed by atoms with Crippen LogP contribution in [0.3, 0.4) is 0 Å². The largest absolute Gasteiger partial charge is 0.298 e. The van der Waals surface area contributed by atoms with Crippen molar-refractivity contribution < 1.29 is 14.9 Å². The molecular weight excluding hydrogens is 218 g/mol. The summed E-state index contributed by atoms with van der Waals surface area (Å²) in [5.41, 5.74) is -0.705. The Balaban J connectivity index is 3.51. The highest BCUT2D eigenvalue weighted by molar-refractivity contribution is 9.10. The summed E-state index contributed by atoms with van der Waals surface area (Å²) in [6.07, 6.45) is 0.0507. The van der Waals surface area contributed by atoms with Crippen molar-refractivity contribution in [3.05, 3.63) is 33.8 Å². The number of rotatable bonds is 1. The summed E-state index contributed by atoms with van der Waals surface area (Å²) < 4.78 is 32.6. The first-order valence-corrected chi connectivity index (χ1v) is 3.46. The number of aldehydes is 1. The molecule has 4 heteroatoms. The van der Waals surface area contributed by atoms with Crippen LogP contribution in [0.15, 0.2) is 16.6 Å². The van der Waals surface area contributed by atoms with Crippen LogP contribution in [0.1, 0.15) is 11.7 Å². The number of carbonyl (C=O) groups excluding carboxylic acids is 1. The van der Waals surface area contributed by atoms with Gasteiger partial charge in [-0.1, -0.05) is 15.9 Å². The molecule has 58 valence electrons. The molecule has 0 saturated heterocycles. The van der Waals surface area contributed by atoms with Gasteiger partial charge in [0.2, 0.25) is 0 Å². The number of hydrogen-bond donors (Lipinski definition) is 0. The first-order valence-electron chi connectivity index (χ1n) is 3.17. The van der Waals surface area contributed by atoms with Gasteiger partial charge in [-0.2, -0.15) is 0 Å². The Hall–Kier alpha value is -0.770. The van der Waals surface area contributed by atoms with Crippen molar-refractivity contribution in [2.24, 2.45) is 0 Å². The molecule has 0 radical (unpaired) electrons. The third kappa shape index (κ3) is 1.63. The Bertz CT molecular complexity index is 341. The summed E-state index contributed by atoms with van der Waals surface area (Å²) in [4.78, 5) is 10.1. The fraction of sp³-hybridized carbons (Fsp3) is 0. The summed E-state index contributed by atoms with van der Waals surface area (Å²) in [7, 11) is 0. The average molecular weight is 222 g/mol. The molecule has 0 aliphatic rings. The van der Waals surface area contributed by atoms with Crippen LogP contribution in [0, 0.1) is 11.6 Å². The summed E-state index contributed by atoms with van der Waals surface area (Å²) >= 11 is 2.78. The van der Waals surface area contributed by atoms with Crippen LogP contribution in [0.25, 0.3) is 0 Å². The fourth-order valence-electron chi connectivity index (χ4n) is 0.610. The third-order valence-electron chi connectivity index (χ3n) is 1.09. The third-order valence-corrected chi connectivity index (χ3v) is 1.52. The van der Waals surface area contributed by atoms with Crippen LogP contribution >= 0.6 is 15.9 Å². The maximum Gasteiger partial charge on any atom is 0.155 e. The zero-order valence-corrected chi connectivity index (χ0v) is 6.78. The van der Waals surface area contributed by atoms with E-state index in [0.29, 0.717) is 0 Å². The summed E-state index contributed by atoms with van der Waals surface area (Å²) in [6, 6.07) is 0.369. The van der Waals surface area contributed by atoms with E-state index in [-0.39, 0.29) is 10.8 Å².